The monoisotopic (exact) mass is 402 g/mol. The van der Waals surface area contributed by atoms with Gasteiger partial charge < -0.3 is 15.8 Å². The van der Waals surface area contributed by atoms with Gasteiger partial charge in [0.05, 0.1) is 12.5 Å². The van der Waals surface area contributed by atoms with E-state index in [0.29, 0.717) is 16.1 Å². The molecule has 0 saturated heterocycles. The Balaban J connectivity index is 1.93. The number of esters is 1. The van der Waals surface area contributed by atoms with Gasteiger partial charge >= 0.3 is 12.0 Å². The third-order valence-electron chi connectivity index (χ3n) is 4.14. The van der Waals surface area contributed by atoms with Crippen LogP contribution in [0.3, 0.4) is 0 Å². The van der Waals surface area contributed by atoms with E-state index in [4.69, 9.17) is 22.1 Å². The summed E-state index contributed by atoms with van der Waals surface area (Å²) in [5.74, 6) is -0.910. The Kier molecular flexibility index (Phi) is 8.02. The molecule has 0 unspecified atom stereocenters. The van der Waals surface area contributed by atoms with Crippen molar-refractivity contribution in [2.24, 2.45) is 5.73 Å². The molecule has 0 heterocycles. The summed E-state index contributed by atoms with van der Waals surface area (Å²) in [6.07, 6.45) is 1.81. The fraction of sp³-hybridized carbons (Fsp3) is 0.286. The minimum absolute atomic E-state index is 0.159. The van der Waals surface area contributed by atoms with Crippen LogP contribution in [0, 0.1) is 0 Å². The number of nitrogens with two attached hydrogens (primary N) is 1. The van der Waals surface area contributed by atoms with Crippen LogP contribution in [0.5, 0.6) is 0 Å². The summed E-state index contributed by atoms with van der Waals surface area (Å²) in [4.78, 5) is 35.6. The molecule has 0 fully saturated rings. The van der Waals surface area contributed by atoms with Gasteiger partial charge in [-0.1, -0.05) is 61.3 Å². The van der Waals surface area contributed by atoms with Crippen molar-refractivity contribution >= 4 is 29.4 Å². The summed E-state index contributed by atoms with van der Waals surface area (Å²) in [5.41, 5.74) is 7.47. The molecule has 2 aromatic rings. The minimum atomic E-state index is -0.768. The second kappa shape index (κ2) is 10.5. The number of urea groups is 1. The van der Waals surface area contributed by atoms with Crippen LogP contribution in [0.15, 0.2) is 48.5 Å². The van der Waals surface area contributed by atoms with Crippen LogP contribution in [0.4, 0.5) is 4.79 Å². The number of amides is 2. The summed E-state index contributed by atoms with van der Waals surface area (Å²) in [7, 11) is 0. The molecular formula is C21H23ClN2O4. The fourth-order valence-electron chi connectivity index (χ4n) is 2.72. The standard InChI is InChI=1S/C21H23ClN2O4/c1-2-3-14-4-6-16(7-5-14)19(25)13-28-20(26)12-18(24-21(23)27)15-8-10-17(22)11-9-15/h4-11,18H,2-3,12-13H2,1H3,(H3,23,24,27)/t18-/m1/s1. The number of ketones is 1. The van der Waals surface area contributed by atoms with Crippen LogP contribution in [0.1, 0.15) is 47.3 Å². The van der Waals surface area contributed by atoms with Gasteiger partial charge in [0.25, 0.3) is 0 Å². The molecule has 3 N–H and O–H groups in total. The van der Waals surface area contributed by atoms with Gasteiger partial charge in [-0.3, -0.25) is 9.59 Å². The molecule has 0 bridgehead atoms. The first-order chi connectivity index (χ1) is 13.4. The largest absolute Gasteiger partial charge is 0.457 e. The average molecular weight is 403 g/mol. The molecule has 0 spiro atoms. The van der Waals surface area contributed by atoms with Gasteiger partial charge in [0.1, 0.15) is 0 Å². The highest BCUT2D eigenvalue weighted by Gasteiger charge is 2.19. The Hall–Kier alpha value is -2.86. The Morgan fingerprint density at radius 3 is 2.29 bits per heavy atom. The average Bonchev–Trinajstić information content (AvgIpc) is 2.67. The Bertz CT molecular complexity index is 819. The molecule has 0 aliphatic heterocycles. The van der Waals surface area contributed by atoms with Crippen LogP contribution in [-0.4, -0.2) is 24.4 Å². The Morgan fingerprint density at radius 2 is 1.71 bits per heavy atom. The van der Waals surface area contributed by atoms with E-state index in [0.717, 1.165) is 18.4 Å². The summed E-state index contributed by atoms with van der Waals surface area (Å²) >= 11 is 5.86. The quantitative estimate of drug-likeness (QED) is 0.492. The molecular weight excluding hydrogens is 380 g/mol. The summed E-state index contributed by atoms with van der Waals surface area (Å²) < 4.78 is 5.09. The molecule has 1 atom stereocenters. The summed E-state index contributed by atoms with van der Waals surface area (Å²) in [5, 5.41) is 3.02. The molecule has 2 aromatic carbocycles. The highest BCUT2D eigenvalue weighted by Crippen LogP contribution is 2.20. The Morgan fingerprint density at radius 1 is 1.07 bits per heavy atom. The molecule has 28 heavy (non-hydrogen) atoms. The number of benzene rings is 2. The van der Waals surface area contributed by atoms with E-state index < -0.39 is 18.0 Å². The zero-order valence-electron chi connectivity index (χ0n) is 15.6. The molecule has 0 aliphatic rings. The van der Waals surface area contributed by atoms with Crippen LogP contribution in [0.25, 0.3) is 0 Å². The first-order valence-corrected chi connectivity index (χ1v) is 9.36. The molecule has 2 amide bonds. The summed E-state index contributed by atoms with van der Waals surface area (Å²) in [6.45, 7) is 1.72. The minimum Gasteiger partial charge on any atom is -0.457 e. The SMILES string of the molecule is CCCc1ccc(C(=O)COC(=O)C[C@@H](NC(N)=O)c2ccc(Cl)cc2)cc1. The van der Waals surface area contributed by atoms with E-state index >= 15 is 0 Å². The van der Waals surface area contributed by atoms with Crippen molar-refractivity contribution in [3.8, 4) is 0 Å². The van der Waals surface area contributed by atoms with E-state index in [1.807, 2.05) is 12.1 Å². The van der Waals surface area contributed by atoms with Gasteiger partial charge in [-0.25, -0.2) is 4.79 Å². The van der Waals surface area contributed by atoms with E-state index in [9.17, 15) is 14.4 Å². The number of carbonyl (C=O) groups excluding carboxylic acids is 3. The molecule has 0 aliphatic carbocycles. The number of carbonyl (C=O) groups is 3. The maximum Gasteiger partial charge on any atom is 0.312 e. The molecule has 148 valence electrons. The van der Waals surface area contributed by atoms with E-state index in [-0.39, 0.29) is 18.8 Å². The maximum atomic E-state index is 12.2. The zero-order chi connectivity index (χ0) is 20.5. The van der Waals surface area contributed by atoms with Gasteiger partial charge in [0, 0.05) is 10.6 Å². The highest BCUT2D eigenvalue weighted by molar-refractivity contribution is 6.30. The topological polar surface area (TPSA) is 98.5 Å². The normalized spacial score (nSPS) is 11.5. The number of primary amides is 1. The van der Waals surface area contributed by atoms with E-state index in [1.54, 1.807) is 36.4 Å². The van der Waals surface area contributed by atoms with Crippen molar-refractivity contribution in [1.29, 1.82) is 0 Å². The van der Waals surface area contributed by atoms with Crippen molar-refractivity contribution in [1.82, 2.24) is 5.32 Å². The molecule has 7 heteroatoms. The summed E-state index contributed by atoms with van der Waals surface area (Å²) in [6, 6.07) is 12.4. The Labute approximate surface area is 169 Å². The number of hydrogen-bond acceptors (Lipinski definition) is 4. The van der Waals surface area contributed by atoms with Crippen LogP contribution in [-0.2, 0) is 16.0 Å². The van der Waals surface area contributed by atoms with Crippen molar-refractivity contribution in [2.45, 2.75) is 32.2 Å². The molecule has 0 aromatic heterocycles. The van der Waals surface area contributed by atoms with Crippen molar-refractivity contribution in [2.75, 3.05) is 6.61 Å². The number of aryl methyl sites for hydroxylation is 1. The lowest BCUT2D eigenvalue weighted by Crippen LogP contribution is -2.34. The van der Waals surface area contributed by atoms with Crippen LogP contribution in [0.2, 0.25) is 5.02 Å². The number of ether oxygens (including phenoxy) is 1. The van der Waals surface area contributed by atoms with Crippen molar-refractivity contribution in [3.63, 3.8) is 0 Å². The number of halogens is 1. The number of rotatable bonds is 9. The first-order valence-electron chi connectivity index (χ1n) is 8.98. The number of hydrogen-bond donors (Lipinski definition) is 2. The predicted molar refractivity (Wildman–Crippen MR) is 107 cm³/mol. The van der Waals surface area contributed by atoms with Gasteiger partial charge in [-0.05, 0) is 29.7 Å². The van der Waals surface area contributed by atoms with Gasteiger partial charge in [0.15, 0.2) is 12.4 Å². The van der Waals surface area contributed by atoms with E-state index in [1.165, 1.54) is 0 Å². The second-order valence-corrected chi connectivity index (χ2v) is 6.78. The lowest BCUT2D eigenvalue weighted by molar-refractivity contribution is -0.143. The predicted octanol–water partition coefficient (Wildman–Crippen LogP) is 3.82. The van der Waals surface area contributed by atoms with Gasteiger partial charge in [0.2, 0.25) is 0 Å². The maximum absolute atomic E-state index is 12.2. The molecule has 2 rings (SSSR count). The van der Waals surface area contributed by atoms with Gasteiger partial charge in [-0.2, -0.15) is 0 Å². The van der Waals surface area contributed by atoms with Crippen LogP contribution < -0.4 is 11.1 Å². The van der Waals surface area contributed by atoms with Crippen molar-refractivity contribution < 1.29 is 19.1 Å². The molecule has 0 saturated carbocycles. The smallest absolute Gasteiger partial charge is 0.312 e. The van der Waals surface area contributed by atoms with Crippen LogP contribution >= 0.6 is 11.6 Å². The third kappa shape index (κ3) is 6.70. The third-order valence-corrected chi connectivity index (χ3v) is 4.39. The van der Waals surface area contributed by atoms with E-state index in [2.05, 4.69) is 12.2 Å². The second-order valence-electron chi connectivity index (χ2n) is 6.35. The first kappa shape index (κ1) is 21.4. The zero-order valence-corrected chi connectivity index (χ0v) is 16.4. The lowest BCUT2D eigenvalue weighted by Gasteiger charge is -2.17. The van der Waals surface area contributed by atoms with Crippen molar-refractivity contribution in [3.05, 3.63) is 70.2 Å². The number of Topliss-reactive ketones (excluding diaryl/α,β-unsaturated/α-hetero) is 1. The fourth-order valence-corrected chi connectivity index (χ4v) is 2.85. The number of nitrogens with one attached hydrogen (secondary N) is 1. The van der Waals surface area contributed by atoms with Gasteiger partial charge in [-0.15, -0.1) is 0 Å². The highest BCUT2D eigenvalue weighted by atomic mass is 35.5. The molecule has 6 nitrogen and oxygen atoms in total. The molecule has 0 radical (unpaired) electrons. The lowest BCUT2D eigenvalue weighted by atomic mass is 10.0.